The predicted octanol–water partition coefficient (Wildman–Crippen LogP) is 3.04. The van der Waals surface area contributed by atoms with Gasteiger partial charge in [-0.05, 0) is 28.8 Å². The van der Waals surface area contributed by atoms with Crippen LogP contribution in [0.25, 0.3) is 10.8 Å². The zero-order valence-electron chi connectivity index (χ0n) is 11.0. The van der Waals surface area contributed by atoms with E-state index < -0.39 is 0 Å². The monoisotopic (exact) mass is 251 g/mol. The van der Waals surface area contributed by atoms with Crippen LogP contribution in [0.3, 0.4) is 0 Å². The van der Waals surface area contributed by atoms with Crippen molar-refractivity contribution >= 4 is 10.8 Å². The Morgan fingerprint density at radius 1 is 1.16 bits per heavy atom. The molecular formula is C16H17N3. The van der Waals surface area contributed by atoms with E-state index in [-0.39, 0.29) is 6.04 Å². The van der Waals surface area contributed by atoms with Gasteiger partial charge in [-0.25, -0.2) is 0 Å². The fraction of sp³-hybridized carbons (Fsp3) is 0.188. The molecule has 1 unspecified atom stereocenters. The van der Waals surface area contributed by atoms with Crippen molar-refractivity contribution in [1.29, 1.82) is 0 Å². The molecule has 2 N–H and O–H groups in total. The molecule has 0 fully saturated rings. The molecule has 2 aromatic carbocycles. The minimum absolute atomic E-state index is 0.0506. The van der Waals surface area contributed by atoms with Crippen molar-refractivity contribution in [3.8, 4) is 0 Å². The summed E-state index contributed by atoms with van der Waals surface area (Å²) in [6.45, 7) is 2.73. The van der Waals surface area contributed by atoms with Crippen LogP contribution in [0.1, 0.15) is 17.2 Å². The van der Waals surface area contributed by atoms with Gasteiger partial charge in [-0.15, -0.1) is 0 Å². The molecule has 3 rings (SSSR count). The number of aromatic nitrogens is 2. The second kappa shape index (κ2) is 4.86. The number of benzene rings is 2. The van der Waals surface area contributed by atoms with Gasteiger partial charge in [0.25, 0.3) is 0 Å². The highest BCUT2D eigenvalue weighted by molar-refractivity contribution is 5.86. The number of aryl methyl sites for hydroxylation is 1. The van der Waals surface area contributed by atoms with E-state index in [1.807, 2.05) is 24.0 Å². The molecular weight excluding hydrogens is 234 g/mol. The van der Waals surface area contributed by atoms with Gasteiger partial charge in [0.15, 0.2) is 0 Å². The predicted molar refractivity (Wildman–Crippen MR) is 77.8 cm³/mol. The molecule has 0 radical (unpaired) electrons. The normalized spacial score (nSPS) is 12.7. The van der Waals surface area contributed by atoms with Gasteiger partial charge in [-0.3, -0.25) is 4.68 Å². The Balaban J connectivity index is 1.95. The van der Waals surface area contributed by atoms with E-state index in [0.29, 0.717) is 6.54 Å². The molecule has 0 saturated heterocycles. The summed E-state index contributed by atoms with van der Waals surface area (Å²) in [7, 11) is 0. The van der Waals surface area contributed by atoms with Crippen molar-refractivity contribution in [3.05, 3.63) is 66.0 Å². The van der Waals surface area contributed by atoms with Gasteiger partial charge >= 0.3 is 0 Å². The number of rotatable bonds is 3. The summed E-state index contributed by atoms with van der Waals surface area (Å²) in [6.07, 6.45) is 3.88. The first-order chi connectivity index (χ1) is 9.24. The molecule has 1 heterocycles. The molecule has 0 bridgehead atoms. The molecule has 3 nitrogen and oxygen atoms in total. The third kappa shape index (κ3) is 2.37. The van der Waals surface area contributed by atoms with Crippen LogP contribution in [0.15, 0.2) is 54.9 Å². The van der Waals surface area contributed by atoms with E-state index >= 15 is 0 Å². The van der Waals surface area contributed by atoms with Crippen LogP contribution in [-0.2, 0) is 6.54 Å². The van der Waals surface area contributed by atoms with Crippen LogP contribution in [0.4, 0.5) is 0 Å². The number of hydrogen-bond acceptors (Lipinski definition) is 2. The lowest BCUT2D eigenvalue weighted by molar-refractivity contribution is 0.530. The third-order valence-corrected chi connectivity index (χ3v) is 3.37. The zero-order chi connectivity index (χ0) is 13.2. The van der Waals surface area contributed by atoms with E-state index in [0.717, 1.165) is 5.56 Å². The van der Waals surface area contributed by atoms with Crippen LogP contribution in [0.5, 0.6) is 0 Å². The summed E-state index contributed by atoms with van der Waals surface area (Å²) in [6, 6.07) is 14.6. The highest BCUT2D eigenvalue weighted by atomic mass is 15.3. The summed E-state index contributed by atoms with van der Waals surface area (Å²) in [5.74, 6) is 0. The molecule has 3 heteroatoms. The maximum Gasteiger partial charge on any atom is 0.0602 e. The second-order valence-electron chi connectivity index (χ2n) is 4.91. The van der Waals surface area contributed by atoms with Gasteiger partial charge in [0.1, 0.15) is 0 Å². The summed E-state index contributed by atoms with van der Waals surface area (Å²) in [5, 5.41) is 6.75. The number of hydrogen-bond donors (Lipinski definition) is 1. The van der Waals surface area contributed by atoms with Crippen molar-refractivity contribution in [3.63, 3.8) is 0 Å². The minimum Gasteiger partial charge on any atom is -0.322 e. The molecule has 0 aliphatic rings. The molecule has 0 amide bonds. The van der Waals surface area contributed by atoms with E-state index in [1.165, 1.54) is 16.3 Å². The quantitative estimate of drug-likeness (QED) is 0.777. The van der Waals surface area contributed by atoms with Crippen molar-refractivity contribution < 1.29 is 0 Å². The standard InChI is InChI=1S/C16H17N3/c1-12-9-18-19(10-12)11-16(17)15-8-4-6-13-5-2-3-7-14(13)15/h2-10,16H,11,17H2,1H3. The van der Waals surface area contributed by atoms with E-state index in [4.69, 9.17) is 5.73 Å². The smallest absolute Gasteiger partial charge is 0.0602 e. The number of fused-ring (bicyclic) bond motifs is 1. The van der Waals surface area contributed by atoms with Crippen LogP contribution >= 0.6 is 0 Å². The van der Waals surface area contributed by atoms with Crippen LogP contribution in [-0.4, -0.2) is 9.78 Å². The average Bonchev–Trinajstić information content (AvgIpc) is 2.83. The van der Waals surface area contributed by atoms with Crippen molar-refractivity contribution in [2.45, 2.75) is 19.5 Å². The van der Waals surface area contributed by atoms with Crippen LogP contribution < -0.4 is 5.73 Å². The molecule has 0 aliphatic carbocycles. The van der Waals surface area contributed by atoms with Crippen LogP contribution in [0.2, 0.25) is 0 Å². The second-order valence-corrected chi connectivity index (χ2v) is 4.91. The Morgan fingerprint density at radius 2 is 1.95 bits per heavy atom. The Labute approximate surface area is 112 Å². The summed E-state index contributed by atoms with van der Waals surface area (Å²) < 4.78 is 1.90. The van der Waals surface area contributed by atoms with Gasteiger partial charge in [0, 0.05) is 6.20 Å². The lowest BCUT2D eigenvalue weighted by atomic mass is 9.99. The van der Waals surface area contributed by atoms with Crippen LogP contribution in [0, 0.1) is 6.92 Å². The highest BCUT2D eigenvalue weighted by Gasteiger charge is 2.10. The lowest BCUT2D eigenvalue weighted by Gasteiger charge is -2.14. The fourth-order valence-corrected chi connectivity index (χ4v) is 2.44. The van der Waals surface area contributed by atoms with Crippen molar-refractivity contribution in [1.82, 2.24) is 9.78 Å². The number of nitrogens with zero attached hydrogens (tertiary/aromatic N) is 2. The van der Waals surface area contributed by atoms with Crippen molar-refractivity contribution in [2.75, 3.05) is 0 Å². The maximum absolute atomic E-state index is 6.34. The summed E-state index contributed by atoms with van der Waals surface area (Å²) in [4.78, 5) is 0. The Morgan fingerprint density at radius 3 is 2.74 bits per heavy atom. The third-order valence-electron chi connectivity index (χ3n) is 3.37. The first kappa shape index (κ1) is 11.9. The topological polar surface area (TPSA) is 43.8 Å². The first-order valence-corrected chi connectivity index (χ1v) is 6.46. The van der Waals surface area contributed by atoms with Crippen molar-refractivity contribution in [2.24, 2.45) is 5.73 Å². The Kier molecular flexibility index (Phi) is 3.05. The summed E-state index contributed by atoms with van der Waals surface area (Å²) in [5.41, 5.74) is 8.67. The fourth-order valence-electron chi connectivity index (χ4n) is 2.44. The van der Waals surface area contributed by atoms with E-state index in [9.17, 15) is 0 Å². The molecule has 0 saturated carbocycles. The molecule has 96 valence electrons. The van der Waals surface area contributed by atoms with Gasteiger partial charge in [0.2, 0.25) is 0 Å². The largest absolute Gasteiger partial charge is 0.322 e. The molecule has 3 aromatic rings. The van der Waals surface area contributed by atoms with Gasteiger partial charge < -0.3 is 5.73 Å². The lowest BCUT2D eigenvalue weighted by Crippen LogP contribution is -2.18. The molecule has 0 aliphatic heterocycles. The Hall–Kier alpha value is -2.13. The van der Waals surface area contributed by atoms with Gasteiger partial charge in [-0.2, -0.15) is 5.10 Å². The SMILES string of the molecule is Cc1cnn(CC(N)c2cccc3ccccc23)c1. The molecule has 0 spiro atoms. The minimum atomic E-state index is -0.0506. The average molecular weight is 251 g/mol. The van der Waals surface area contributed by atoms with E-state index in [1.54, 1.807) is 0 Å². The molecule has 1 atom stereocenters. The molecule has 19 heavy (non-hydrogen) atoms. The maximum atomic E-state index is 6.34. The Bertz CT molecular complexity index is 695. The first-order valence-electron chi connectivity index (χ1n) is 6.46. The van der Waals surface area contributed by atoms with E-state index in [2.05, 4.69) is 47.6 Å². The van der Waals surface area contributed by atoms with Gasteiger partial charge in [0.05, 0.1) is 18.8 Å². The zero-order valence-corrected chi connectivity index (χ0v) is 11.0. The molecule has 1 aromatic heterocycles. The number of nitrogens with two attached hydrogens (primary N) is 1. The highest BCUT2D eigenvalue weighted by Crippen LogP contribution is 2.23. The van der Waals surface area contributed by atoms with Gasteiger partial charge in [-0.1, -0.05) is 42.5 Å². The summed E-state index contributed by atoms with van der Waals surface area (Å²) >= 11 is 0.